The van der Waals surface area contributed by atoms with Crippen molar-refractivity contribution in [2.24, 2.45) is 0 Å². The first-order chi connectivity index (χ1) is 12.7. The van der Waals surface area contributed by atoms with Gasteiger partial charge in [-0.05, 0) is 28.5 Å². The molecular formula is C22H19KNO2S. The van der Waals surface area contributed by atoms with Crippen LogP contribution in [0.4, 0.5) is 0 Å². The van der Waals surface area contributed by atoms with Crippen LogP contribution in [-0.4, -0.2) is 68.6 Å². The van der Waals surface area contributed by atoms with Gasteiger partial charge in [-0.3, -0.25) is 0 Å². The first-order valence-electron chi connectivity index (χ1n) is 8.48. The van der Waals surface area contributed by atoms with Crippen molar-refractivity contribution >= 4 is 73.5 Å². The van der Waals surface area contributed by atoms with Crippen molar-refractivity contribution in [2.45, 2.75) is 12.8 Å². The Morgan fingerprint density at radius 1 is 0.963 bits per heavy atom. The van der Waals surface area contributed by atoms with Gasteiger partial charge in [0.2, 0.25) is 5.88 Å². The van der Waals surface area contributed by atoms with Gasteiger partial charge in [0.05, 0.1) is 12.0 Å². The fourth-order valence-corrected chi connectivity index (χ4v) is 4.14. The molecule has 4 rings (SSSR count). The third-order valence-corrected chi connectivity index (χ3v) is 5.90. The monoisotopic (exact) mass is 400 g/mol. The van der Waals surface area contributed by atoms with E-state index in [1.54, 1.807) is 18.4 Å². The Morgan fingerprint density at radius 2 is 1.67 bits per heavy atom. The van der Waals surface area contributed by atoms with E-state index in [-0.39, 0.29) is 63.2 Å². The predicted octanol–water partition coefficient (Wildman–Crippen LogP) is 5.45. The Labute approximate surface area is 205 Å². The van der Waals surface area contributed by atoms with Crippen molar-refractivity contribution in [3.63, 3.8) is 0 Å². The third kappa shape index (κ3) is 4.29. The second-order valence-corrected chi connectivity index (χ2v) is 7.30. The molecule has 0 spiro atoms. The second-order valence-electron chi connectivity index (χ2n) is 6.27. The van der Waals surface area contributed by atoms with E-state index in [1.165, 1.54) is 0 Å². The molecule has 0 bridgehead atoms. The van der Waals surface area contributed by atoms with E-state index in [9.17, 15) is 5.11 Å². The minimum Gasteiger partial charge on any atom is -0.497 e. The molecule has 3 nitrogen and oxygen atoms in total. The summed E-state index contributed by atoms with van der Waals surface area (Å²) in [6, 6.07) is 22.4. The molecule has 1 radical (unpaired) electrons. The second kappa shape index (κ2) is 8.86. The van der Waals surface area contributed by atoms with Crippen LogP contribution in [0.25, 0.3) is 21.3 Å². The van der Waals surface area contributed by atoms with Crippen LogP contribution in [0.3, 0.4) is 0 Å². The summed E-state index contributed by atoms with van der Waals surface area (Å²) < 4.78 is 5.29. The molecule has 0 saturated heterocycles. The summed E-state index contributed by atoms with van der Waals surface area (Å²) in [5, 5.41) is 13.5. The molecule has 1 atom stereocenters. The molecule has 1 N–H and O–H groups in total. The Bertz CT molecular complexity index is 1060. The van der Waals surface area contributed by atoms with Crippen LogP contribution in [0.5, 0.6) is 11.6 Å². The topological polar surface area (TPSA) is 42.4 Å². The molecule has 3 aromatic carbocycles. The smallest absolute Gasteiger partial charge is 0.226 e. The van der Waals surface area contributed by atoms with Crippen LogP contribution in [0.15, 0.2) is 66.7 Å². The summed E-state index contributed by atoms with van der Waals surface area (Å²) in [5.41, 5.74) is 2.18. The van der Waals surface area contributed by atoms with Crippen LogP contribution < -0.4 is 4.74 Å². The zero-order valence-electron chi connectivity index (χ0n) is 15.6. The van der Waals surface area contributed by atoms with Gasteiger partial charge in [-0.15, -0.1) is 11.3 Å². The quantitative estimate of drug-likeness (QED) is 0.463. The van der Waals surface area contributed by atoms with Gasteiger partial charge in [-0.1, -0.05) is 61.5 Å². The van der Waals surface area contributed by atoms with Gasteiger partial charge in [-0.25, -0.2) is 4.98 Å². The molecule has 27 heavy (non-hydrogen) atoms. The number of hydrogen-bond acceptors (Lipinski definition) is 4. The molecule has 1 unspecified atom stereocenters. The Balaban J connectivity index is 0.00000210. The van der Waals surface area contributed by atoms with Crippen LogP contribution in [0, 0.1) is 0 Å². The van der Waals surface area contributed by atoms with Gasteiger partial charge in [0, 0.05) is 62.9 Å². The number of fused-ring (bicyclic) bond motifs is 1. The minimum atomic E-state index is 0. The molecule has 0 amide bonds. The molecule has 1 aromatic heterocycles. The van der Waals surface area contributed by atoms with E-state index in [4.69, 9.17) is 4.74 Å². The van der Waals surface area contributed by atoms with Gasteiger partial charge in [0.25, 0.3) is 0 Å². The standard InChI is InChI=1S/C22H19NO2S.K/c1-14(16-8-9-18-13-19(25-2)11-10-17(18)12-16)20-21(24)23-22(26-20)15-6-4-3-5-7-15;/h3-14,24H,1-2H3;. The van der Waals surface area contributed by atoms with Crippen LogP contribution in [-0.2, 0) is 0 Å². The van der Waals surface area contributed by atoms with Gasteiger partial charge in [0.1, 0.15) is 10.8 Å². The molecule has 0 aliphatic heterocycles. The number of benzene rings is 3. The molecule has 0 aliphatic carbocycles. The number of methoxy groups -OCH3 is 1. The van der Waals surface area contributed by atoms with Crippen molar-refractivity contribution in [2.75, 3.05) is 7.11 Å². The van der Waals surface area contributed by atoms with Gasteiger partial charge >= 0.3 is 0 Å². The average Bonchev–Trinajstić information content (AvgIpc) is 3.09. The van der Waals surface area contributed by atoms with Crippen molar-refractivity contribution < 1.29 is 9.84 Å². The number of aromatic nitrogens is 1. The first-order valence-corrected chi connectivity index (χ1v) is 9.30. The molecule has 5 heteroatoms. The fraction of sp³-hybridized carbons (Fsp3) is 0.136. The number of ether oxygens (including phenoxy) is 1. The maximum atomic E-state index is 10.4. The molecule has 0 saturated carbocycles. The normalized spacial score (nSPS) is 11.8. The van der Waals surface area contributed by atoms with Crippen LogP contribution in [0.2, 0.25) is 0 Å². The third-order valence-electron chi connectivity index (χ3n) is 4.62. The van der Waals surface area contributed by atoms with E-state index in [1.807, 2.05) is 42.5 Å². The Morgan fingerprint density at radius 3 is 2.41 bits per heavy atom. The fourth-order valence-electron chi connectivity index (χ4n) is 3.10. The summed E-state index contributed by atoms with van der Waals surface area (Å²) in [5.74, 6) is 1.04. The minimum absolute atomic E-state index is 0. The Hall–Kier alpha value is -1.21. The molecule has 0 fully saturated rings. The van der Waals surface area contributed by atoms with E-state index in [2.05, 4.69) is 36.2 Å². The van der Waals surface area contributed by atoms with E-state index in [0.29, 0.717) is 0 Å². The summed E-state index contributed by atoms with van der Waals surface area (Å²) in [4.78, 5) is 5.26. The zero-order chi connectivity index (χ0) is 18.1. The van der Waals surface area contributed by atoms with Crippen LogP contribution >= 0.6 is 11.3 Å². The molecule has 4 aromatic rings. The van der Waals surface area contributed by atoms with E-state index in [0.717, 1.165) is 37.5 Å². The summed E-state index contributed by atoms with van der Waals surface area (Å²) in [6.07, 6.45) is 0. The van der Waals surface area contributed by atoms with E-state index >= 15 is 0 Å². The van der Waals surface area contributed by atoms with Gasteiger partial charge in [-0.2, -0.15) is 0 Å². The first kappa shape index (κ1) is 20.5. The largest absolute Gasteiger partial charge is 0.497 e. The predicted molar refractivity (Wildman–Crippen MR) is 113 cm³/mol. The Kier molecular flexibility index (Phi) is 6.73. The maximum Gasteiger partial charge on any atom is 0.226 e. The number of aromatic hydroxyl groups is 1. The molecular weight excluding hydrogens is 381 g/mol. The van der Waals surface area contributed by atoms with Gasteiger partial charge < -0.3 is 9.84 Å². The number of nitrogens with zero attached hydrogens (tertiary/aromatic N) is 1. The molecule has 0 aliphatic rings. The molecule has 1 heterocycles. The zero-order valence-corrected chi connectivity index (χ0v) is 19.6. The summed E-state index contributed by atoms with van der Waals surface area (Å²) >= 11 is 1.55. The van der Waals surface area contributed by atoms with Crippen molar-refractivity contribution in [1.82, 2.24) is 4.98 Å². The number of thiazole rings is 1. The maximum absolute atomic E-state index is 10.4. The van der Waals surface area contributed by atoms with Crippen molar-refractivity contribution in [3.8, 4) is 22.2 Å². The average molecular weight is 401 g/mol. The van der Waals surface area contributed by atoms with Crippen LogP contribution in [0.1, 0.15) is 23.3 Å². The van der Waals surface area contributed by atoms with E-state index < -0.39 is 0 Å². The van der Waals surface area contributed by atoms with Crippen molar-refractivity contribution in [1.29, 1.82) is 0 Å². The number of hydrogen-bond donors (Lipinski definition) is 1. The summed E-state index contributed by atoms with van der Waals surface area (Å²) in [7, 11) is 1.68. The van der Waals surface area contributed by atoms with Gasteiger partial charge in [0.15, 0.2) is 0 Å². The summed E-state index contributed by atoms with van der Waals surface area (Å²) in [6.45, 7) is 2.10. The number of rotatable bonds is 4. The SMILES string of the molecule is COc1ccc2cc(C(C)c3sc(-c4ccccc4)nc3O)ccc2c1.[K]. The van der Waals surface area contributed by atoms with Crippen molar-refractivity contribution in [3.05, 3.63) is 77.2 Å². The molecule has 131 valence electrons.